The highest BCUT2D eigenvalue weighted by Gasteiger charge is 2.36. The van der Waals surface area contributed by atoms with Crippen molar-refractivity contribution >= 4 is 29.4 Å². The maximum Gasteiger partial charge on any atom is 0.415 e. The summed E-state index contributed by atoms with van der Waals surface area (Å²) in [6.45, 7) is 1.89. The van der Waals surface area contributed by atoms with Gasteiger partial charge in [0.1, 0.15) is 0 Å². The van der Waals surface area contributed by atoms with Crippen LogP contribution in [0.5, 0.6) is 5.75 Å². The molecule has 0 bridgehead atoms. The molecule has 1 amide bonds. The monoisotopic (exact) mass is 428 g/mol. The lowest BCUT2D eigenvalue weighted by Gasteiger charge is -2.26. The number of ether oxygens (including phenoxy) is 2. The van der Waals surface area contributed by atoms with Gasteiger partial charge in [0.15, 0.2) is 11.8 Å². The van der Waals surface area contributed by atoms with Crippen molar-refractivity contribution in [2.24, 2.45) is 4.99 Å². The van der Waals surface area contributed by atoms with E-state index in [1.165, 1.54) is 0 Å². The maximum absolute atomic E-state index is 12.3. The van der Waals surface area contributed by atoms with Gasteiger partial charge in [-0.05, 0) is 29.7 Å². The van der Waals surface area contributed by atoms with E-state index in [0.29, 0.717) is 32.7 Å². The summed E-state index contributed by atoms with van der Waals surface area (Å²) in [5.41, 5.74) is 2.41. The van der Waals surface area contributed by atoms with Gasteiger partial charge >= 0.3 is 12.1 Å². The molecule has 0 saturated carbocycles. The third-order valence-electron chi connectivity index (χ3n) is 5.30. The minimum absolute atomic E-state index is 0.242. The third kappa shape index (κ3) is 4.32. The van der Waals surface area contributed by atoms with Gasteiger partial charge in [0.05, 0.1) is 18.2 Å². The van der Waals surface area contributed by atoms with Crippen LogP contribution in [-0.2, 0) is 9.53 Å². The van der Waals surface area contributed by atoms with Gasteiger partial charge in [-0.2, -0.15) is 0 Å². The van der Waals surface area contributed by atoms with E-state index in [4.69, 9.17) is 21.1 Å². The van der Waals surface area contributed by atoms with Gasteiger partial charge in [0.25, 0.3) is 0 Å². The van der Waals surface area contributed by atoms with Gasteiger partial charge in [-0.1, -0.05) is 48.0 Å². The van der Waals surface area contributed by atoms with Gasteiger partial charge in [-0.15, -0.1) is 0 Å². The van der Waals surface area contributed by atoms with Crippen molar-refractivity contribution in [3.8, 4) is 5.75 Å². The first kappa shape index (κ1) is 20.4. The van der Waals surface area contributed by atoms with Crippen LogP contribution in [0.3, 0.4) is 0 Å². The average Bonchev–Trinajstić information content (AvgIpc) is 3.22. The Labute approximate surface area is 178 Å². The van der Waals surface area contributed by atoms with Crippen molar-refractivity contribution in [3.63, 3.8) is 0 Å². The summed E-state index contributed by atoms with van der Waals surface area (Å²) in [6.07, 6.45) is 0.0106. The number of benzene rings is 2. The highest BCUT2D eigenvalue weighted by molar-refractivity contribution is 6.32. The van der Waals surface area contributed by atoms with Gasteiger partial charge in [-0.3, -0.25) is 4.99 Å². The zero-order valence-electron chi connectivity index (χ0n) is 16.2. The minimum atomic E-state index is -0.982. The van der Waals surface area contributed by atoms with E-state index in [1.807, 2.05) is 30.3 Å². The van der Waals surface area contributed by atoms with E-state index in [9.17, 15) is 14.7 Å². The van der Waals surface area contributed by atoms with Crippen molar-refractivity contribution in [3.05, 3.63) is 64.7 Å². The fraction of sp³-hybridized carbons (Fsp3) is 0.318. The zero-order chi connectivity index (χ0) is 21.1. The highest BCUT2D eigenvalue weighted by Crippen LogP contribution is 2.37. The molecule has 2 heterocycles. The Balaban J connectivity index is 1.52. The number of amides is 1. The number of hydrogen-bond donors (Lipinski definition) is 1. The number of carbonyl (C=O) groups excluding carboxylic acids is 1. The number of carboxylic acid groups (broad SMARTS) is 1. The number of rotatable bonds is 4. The van der Waals surface area contributed by atoms with Crippen molar-refractivity contribution < 1.29 is 24.2 Å². The third-order valence-corrected chi connectivity index (χ3v) is 5.60. The summed E-state index contributed by atoms with van der Waals surface area (Å²) >= 11 is 6.37. The molecule has 0 aromatic heterocycles. The summed E-state index contributed by atoms with van der Waals surface area (Å²) in [4.78, 5) is 30.1. The second kappa shape index (κ2) is 8.85. The van der Waals surface area contributed by atoms with Crippen LogP contribution in [0.4, 0.5) is 4.79 Å². The van der Waals surface area contributed by atoms with Crippen LogP contribution in [0.1, 0.15) is 23.5 Å². The van der Waals surface area contributed by atoms with E-state index in [2.05, 4.69) is 4.99 Å². The van der Waals surface area contributed by atoms with Crippen LogP contribution < -0.4 is 4.74 Å². The Morgan fingerprint density at radius 2 is 1.87 bits per heavy atom. The Kier molecular flexibility index (Phi) is 6.01. The molecule has 8 heteroatoms. The Morgan fingerprint density at radius 1 is 1.13 bits per heavy atom. The number of halogens is 1. The normalized spacial score (nSPS) is 21.2. The van der Waals surface area contributed by atoms with Crippen LogP contribution in [0.25, 0.3) is 0 Å². The van der Waals surface area contributed by atoms with E-state index >= 15 is 0 Å². The molecule has 4 rings (SSSR count). The Morgan fingerprint density at radius 3 is 2.53 bits per heavy atom. The van der Waals surface area contributed by atoms with Crippen LogP contribution in [-0.4, -0.2) is 60.1 Å². The van der Waals surface area contributed by atoms with E-state index in [0.717, 1.165) is 16.8 Å². The standard InChI is InChI=1S/C22H21ClN2O5/c23-17-12-15(6-7-19(17)30-22(28)25-8-10-29-11-9-25)16-13-18(24-20(16)21(26)27)14-4-2-1-3-5-14/h1-7,12,16,20H,8-11,13H2,(H,26,27). The molecule has 0 radical (unpaired) electrons. The largest absolute Gasteiger partial charge is 0.480 e. The Hall–Kier alpha value is -2.90. The molecule has 0 spiro atoms. The molecule has 2 atom stereocenters. The molecule has 1 fully saturated rings. The number of hydrogen-bond acceptors (Lipinski definition) is 5. The van der Waals surface area contributed by atoms with Gasteiger partial charge in [-0.25, -0.2) is 9.59 Å². The van der Waals surface area contributed by atoms with Crippen molar-refractivity contribution in [1.29, 1.82) is 0 Å². The number of morpholine rings is 1. The lowest BCUT2D eigenvalue weighted by molar-refractivity contribution is -0.138. The molecule has 2 aliphatic rings. The second-order valence-corrected chi connectivity index (χ2v) is 7.60. The zero-order valence-corrected chi connectivity index (χ0v) is 16.9. The molecule has 2 aromatic rings. The highest BCUT2D eigenvalue weighted by atomic mass is 35.5. The number of carbonyl (C=O) groups is 2. The lowest BCUT2D eigenvalue weighted by atomic mass is 9.89. The minimum Gasteiger partial charge on any atom is -0.480 e. The van der Waals surface area contributed by atoms with Gasteiger partial charge in [0, 0.05) is 24.7 Å². The summed E-state index contributed by atoms with van der Waals surface area (Å²) in [7, 11) is 0. The SMILES string of the molecule is O=C(O)C1N=C(c2ccccc2)CC1c1ccc(OC(=O)N2CCOCC2)c(Cl)c1. The molecule has 0 aliphatic carbocycles. The summed E-state index contributed by atoms with van der Waals surface area (Å²) < 4.78 is 10.7. The van der Waals surface area contributed by atoms with E-state index in [1.54, 1.807) is 23.1 Å². The first-order valence-electron chi connectivity index (χ1n) is 9.72. The van der Waals surface area contributed by atoms with Crippen LogP contribution in [0, 0.1) is 0 Å². The maximum atomic E-state index is 12.3. The van der Waals surface area contributed by atoms with Crippen molar-refractivity contribution in [2.45, 2.75) is 18.4 Å². The first-order valence-corrected chi connectivity index (χ1v) is 10.1. The number of nitrogens with zero attached hydrogens (tertiary/aromatic N) is 2. The molecule has 1 N–H and O–H groups in total. The topological polar surface area (TPSA) is 88.4 Å². The predicted molar refractivity (Wildman–Crippen MR) is 112 cm³/mol. The molecular formula is C22H21ClN2O5. The number of aliphatic carboxylic acids is 1. The molecule has 1 saturated heterocycles. The summed E-state index contributed by atoms with van der Waals surface area (Å²) in [5, 5.41) is 9.93. The fourth-order valence-corrected chi connectivity index (χ4v) is 3.94. The molecule has 30 heavy (non-hydrogen) atoms. The number of aliphatic imine (C=N–C) groups is 1. The summed E-state index contributed by atoms with van der Waals surface area (Å²) in [5.74, 6) is -1.09. The molecular weight excluding hydrogens is 408 g/mol. The molecule has 2 aliphatic heterocycles. The van der Waals surface area contributed by atoms with Crippen LogP contribution >= 0.6 is 11.6 Å². The van der Waals surface area contributed by atoms with Crippen LogP contribution in [0.15, 0.2) is 53.5 Å². The lowest BCUT2D eigenvalue weighted by Crippen LogP contribution is -2.42. The summed E-state index contributed by atoms with van der Waals surface area (Å²) in [6, 6.07) is 13.7. The molecule has 2 unspecified atom stereocenters. The predicted octanol–water partition coefficient (Wildman–Crippen LogP) is 3.60. The molecule has 7 nitrogen and oxygen atoms in total. The van der Waals surface area contributed by atoms with Crippen LogP contribution in [0.2, 0.25) is 5.02 Å². The fourth-order valence-electron chi connectivity index (χ4n) is 3.72. The quantitative estimate of drug-likeness (QED) is 0.803. The van der Waals surface area contributed by atoms with E-state index in [-0.39, 0.29) is 16.7 Å². The molecule has 156 valence electrons. The Bertz CT molecular complexity index is 973. The smallest absolute Gasteiger partial charge is 0.415 e. The van der Waals surface area contributed by atoms with Crippen molar-refractivity contribution in [2.75, 3.05) is 26.3 Å². The average molecular weight is 429 g/mol. The van der Waals surface area contributed by atoms with Crippen molar-refractivity contribution in [1.82, 2.24) is 4.90 Å². The second-order valence-electron chi connectivity index (χ2n) is 7.19. The van der Waals surface area contributed by atoms with Gasteiger partial charge < -0.3 is 19.5 Å². The first-order chi connectivity index (χ1) is 14.5. The number of carboxylic acids is 1. The molecule has 2 aromatic carbocycles. The van der Waals surface area contributed by atoms with E-state index < -0.39 is 18.1 Å². The van der Waals surface area contributed by atoms with Gasteiger partial charge in [0.2, 0.25) is 0 Å².